The topological polar surface area (TPSA) is 43.6 Å². The van der Waals surface area contributed by atoms with Gasteiger partial charge in [0.15, 0.2) is 4.80 Å². The molecule has 3 aromatic rings. The molecule has 0 fully saturated rings. The van der Waals surface area contributed by atoms with Crippen molar-refractivity contribution in [2.75, 3.05) is 18.6 Å². The molecule has 0 aliphatic heterocycles. The van der Waals surface area contributed by atoms with Crippen LogP contribution in [0.15, 0.2) is 41.4 Å². The molecule has 0 aliphatic carbocycles. The third kappa shape index (κ3) is 4.86. The Bertz CT molecular complexity index is 1050. The Morgan fingerprint density at radius 3 is 2.75 bits per heavy atom. The van der Waals surface area contributed by atoms with E-state index in [0.717, 1.165) is 44.2 Å². The summed E-state index contributed by atoms with van der Waals surface area (Å²) in [6.45, 7) is 7.54. The van der Waals surface area contributed by atoms with E-state index in [2.05, 4.69) is 34.9 Å². The first kappa shape index (κ1) is 20.7. The van der Waals surface area contributed by atoms with Gasteiger partial charge in [-0.3, -0.25) is 4.79 Å². The fraction of sp³-hybridized carbons (Fsp3) is 0.364. The molecule has 0 unspecified atom stereocenters. The first-order chi connectivity index (χ1) is 13.5. The van der Waals surface area contributed by atoms with Gasteiger partial charge in [0.25, 0.3) is 5.91 Å². The number of nitrogens with zero attached hydrogens (tertiary/aromatic N) is 2. The first-order valence-electron chi connectivity index (χ1n) is 9.40. The maximum atomic E-state index is 12.7. The molecule has 0 saturated heterocycles. The Balaban J connectivity index is 1.97. The second kappa shape index (κ2) is 9.43. The predicted molar refractivity (Wildman–Crippen MR) is 120 cm³/mol. The number of amides is 1. The Kier molecular flexibility index (Phi) is 6.97. The number of aromatic nitrogens is 1. The molecule has 2 aromatic carbocycles. The molecule has 6 heteroatoms. The zero-order chi connectivity index (χ0) is 20.1. The van der Waals surface area contributed by atoms with Gasteiger partial charge < -0.3 is 9.30 Å². The minimum Gasteiger partial charge on any atom is -0.494 e. The maximum Gasteiger partial charge on any atom is 0.252 e. The number of benzene rings is 2. The van der Waals surface area contributed by atoms with Crippen molar-refractivity contribution in [2.24, 2.45) is 4.99 Å². The summed E-state index contributed by atoms with van der Waals surface area (Å²) in [5.74, 6) is 1.71. The van der Waals surface area contributed by atoms with Crippen LogP contribution in [0.3, 0.4) is 0 Å². The third-order valence-corrected chi connectivity index (χ3v) is 6.18. The predicted octanol–water partition coefficient (Wildman–Crippen LogP) is 4.75. The van der Waals surface area contributed by atoms with Gasteiger partial charge in [-0.15, -0.1) is 0 Å². The van der Waals surface area contributed by atoms with E-state index in [9.17, 15) is 4.79 Å². The summed E-state index contributed by atoms with van der Waals surface area (Å²) in [5.41, 5.74) is 4.47. The van der Waals surface area contributed by atoms with E-state index < -0.39 is 0 Å². The van der Waals surface area contributed by atoms with Crippen LogP contribution in [0.25, 0.3) is 10.2 Å². The Morgan fingerprint density at radius 2 is 2.04 bits per heavy atom. The summed E-state index contributed by atoms with van der Waals surface area (Å²) >= 11 is 3.33. The van der Waals surface area contributed by atoms with Crippen LogP contribution < -0.4 is 9.54 Å². The van der Waals surface area contributed by atoms with Crippen LogP contribution in [0.4, 0.5) is 0 Å². The molecule has 1 heterocycles. The van der Waals surface area contributed by atoms with Crippen LogP contribution in [0.2, 0.25) is 0 Å². The monoisotopic (exact) mass is 414 g/mol. The molecule has 3 rings (SSSR count). The molecule has 0 radical (unpaired) electrons. The molecule has 0 spiro atoms. The van der Waals surface area contributed by atoms with Gasteiger partial charge in [0.1, 0.15) is 5.75 Å². The smallest absolute Gasteiger partial charge is 0.252 e. The SMILES string of the molecule is CCOc1ccc2c(c1)sc(=NC(=O)Cc1ccc(C)cc1C)n2CCSC. The van der Waals surface area contributed by atoms with E-state index in [-0.39, 0.29) is 5.91 Å². The van der Waals surface area contributed by atoms with Gasteiger partial charge in [-0.05, 0) is 56.4 Å². The Labute approximate surface area is 174 Å². The number of carbonyl (C=O) groups excluding carboxylic acids is 1. The number of rotatable bonds is 7. The summed E-state index contributed by atoms with van der Waals surface area (Å²) in [7, 11) is 0. The minimum atomic E-state index is -0.110. The van der Waals surface area contributed by atoms with Crippen molar-refractivity contribution in [1.82, 2.24) is 4.57 Å². The van der Waals surface area contributed by atoms with Crippen molar-refractivity contribution < 1.29 is 9.53 Å². The zero-order valence-electron chi connectivity index (χ0n) is 16.8. The van der Waals surface area contributed by atoms with Crippen LogP contribution in [-0.2, 0) is 17.8 Å². The zero-order valence-corrected chi connectivity index (χ0v) is 18.5. The van der Waals surface area contributed by atoms with Crippen LogP contribution in [-0.4, -0.2) is 29.1 Å². The third-order valence-electron chi connectivity index (χ3n) is 4.54. The molecule has 28 heavy (non-hydrogen) atoms. The van der Waals surface area contributed by atoms with Crippen molar-refractivity contribution in [1.29, 1.82) is 0 Å². The molecular formula is C22H26N2O2S2. The second-order valence-electron chi connectivity index (χ2n) is 6.70. The lowest BCUT2D eigenvalue weighted by Crippen LogP contribution is -2.18. The Morgan fingerprint density at radius 1 is 1.21 bits per heavy atom. The Hall–Kier alpha value is -2.05. The lowest BCUT2D eigenvalue weighted by atomic mass is 10.0. The van der Waals surface area contributed by atoms with Gasteiger partial charge in [-0.1, -0.05) is 35.1 Å². The summed E-state index contributed by atoms with van der Waals surface area (Å²) in [6.07, 6.45) is 2.41. The molecule has 0 bridgehead atoms. The van der Waals surface area contributed by atoms with Gasteiger partial charge >= 0.3 is 0 Å². The number of thioether (sulfide) groups is 1. The number of hydrogen-bond acceptors (Lipinski definition) is 4. The molecular weight excluding hydrogens is 388 g/mol. The van der Waals surface area contributed by atoms with Crippen LogP contribution in [0, 0.1) is 13.8 Å². The van der Waals surface area contributed by atoms with Crippen LogP contribution in [0.5, 0.6) is 5.75 Å². The largest absolute Gasteiger partial charge is 0.494 e. The molecule has 1 aromatic heterocycles. The minimum absolute atomic E-state index is 0.110. The number of fused-ring (bicyclic) bond motifs is 1. The molecule has 148 valence electrons. The van der Waals surface area contributed by atoms with E-state index in [1.165, 1.54) is 5.56 Å². The fourth-order valence-corrected chi connectivity index (χ4v) is 4.61. The van der Waals surface area contributed by atoms with Crippen LogP contribution >= 0.6 is 23.1 Å². The highest BCUT2D eigenvalue weighted by molar-refractivity contribution is 7.98. The highest BCUT2D eigenvalue weighted by Gasteiger charge is 2.10. The van der Waals surface area contributed by atoms with Crippen molar-refractivity contribution >= 4 is 39.2 Å². The fourth-order valence-electron chi connectivity index (χ4n) is 3.15. The first-order valence-corrected chi connectivity index (χ1v) is 11.6. The van der Waals surface area contributed by atoms with Crippen molar-refractivity contribution in [3.05, 3.63) is 57.9 Å². The average Bonchev–Trinajstić information content (AvgIpc) is 2.98. The highest BCUT2D eigenvalue weighted by atomic mass is 32.2. The number of carbonyl (C=O) groups is 1. The van der Waals surface area contributed by atoms with Gasteiger partial charge in [0, 0.05) is 12.3 Å². The lowest BCUT2D eigenvalue weighted by molar-refractivity contribution is -0.117. The molecule has 0 N–H and O–H groups in total. The molecule has 0 aliphatic rings. The number of thiazole rings is 1. The summed E-state index contributed by atoms with van der Waals surface area (Å²) in [4.78, 5) is 17.9. The highest BCUT2D eigenvalue weighted by Crippen LogP contribution is 2.24. The normalized spacial score (nSPS) is 11.9. The number of hydrogen-bond donors (Lipinski definition) is 0. The van der Waals surface area contributed by atoms with Gasteiger partial charge in [-0.2, -0.15) is 16.8 Å². The standard InChI is InChI=1S/C22H26N2O2S2/c1-5-26-18-8-9-19-20(14-18)28-22(24(19)10-11-27-4)23-21(25)13-17-7-6-15(2)12-16(17)3/h6-9,12,14H,5,10-11,13H2,1-4H3. The molecule has 0 saturated carbocycles. The average molecular weight is 415 g/mol. The number of ether oxygens (including phenoxy) is 1. The van der Waals surface area contributed by atoms with Crippen molar-refractivity contribution in [3.8, 4) is 5.75 Å². The van der Waals surface area contributed by atoms with Crippen molar-refractivity contribution in [3.63, 3.8) is 0 Å². The van der Waals surface area contributed by atoms with E-state index >= 15 is 0 Å². The van der Waals surface area contributed by atoms with E-state index in [0.29, 0.717) is 13.0 Å². The van der Waals surface area contributed by atoms with E-state index in [1.807, 2.05) is 38.1 Å². The lowest BCUT2D eigenvalue weighted by Gasteiger charge is -2.06. The summed E-state index contributed by atoms with van der Waals surface area (Å²) in [5, 5.41) is 0. The number of aryl methyl sites for hydroxylation is 3. The summed E-state index contributed by atoms with van der Waals surface area (Å²) in [6, 6.07) is 12.3. The summed E-state index contributed by atoms with van der Waals surface area (Å²) < 4.78 is 8.86. The van der Waals surface area contributed by atoms with E-state index in [1.54, 1.807) is 23.1 Å². The van der Waals surface area contributed by atoms with E-state index in [4.69, 9.17) is 4.74 Å². The molecule has 1 amide bonds. The quantitative estimate of drug-likeness (QED) is 0.560. The van der Waals surface area contributed by atoms with Crippen LogP contribution in [0.1, 0.15) is 23.6 Å². The van der Waals surface area contributed by atoms with Gasteiger partial charge in [0.05, 0.1) is 23.2 Å². The second-order valence-corrected chi connectivity index (χ2v) is 8.70. The van der Waals surface area contributed by atoms with Gasteiger partial charge in [0.2, 0.25) is 0 Å². The van der Waals surface area contributed by atoms with Crippen molar-refractivity contribution in [2.45, 2.75) is 33.7 Å². The van der Waals surface area contributed by atoms with Gasteiger partial charge in [-0.25, -0.2) is 0 Å². The maximum absolute atomic E-state index is 12.7. The molecule has 0 atom stereocenters. The molecule has 4 nitrogen and oxygen atoms in total.